The minimum Gasteiger partial charge on any atom is -0.310 e. The summed E-state index contributed by atoms with van der Waals surface area (Å²) in [6, 6.07) is 80.8. The number of rotatable bonds is 8. The molecule has 0 aromatic heterocycles. The van der Waals surface area contributed by atoms with Crippen LogP contribution in [0.5, 0.6) is 0 Å². The molecule has 0 fully saturated rings. The predicted molar refractivity (Wildman–Crippen MR) is 226 cm³/mol. The highest BCUT2D eigenvalue weighted by atomic mass is 15.1. The van der Waals surface area contributed by atoms with Gasteiger partial charge in [0.15, 0.2) is 0 Å². The highest BCUT2D eigenvalue weighted by molar-refractivity contribution is 5.93. The maximum absolute atomic E-state index is 2.39. The minimum atomic E-state index is 1.09. The van der Waals surface area contributed by atoms with Crippen LogP contribution in [-0.2, 0) is 0 Å². The van der Waals surface area contributed by atoms with E-state index in [4.69, 9.17) is 0 Å². The molecule has 0 aliphatic carbocycles. The Hall–Kier alpha value is -6.96. The van der Waals surface area contributed by atoms with Gasteiger partial charge in [0.2, 0.25) is 0 Å². The van der Waals surface area contributed by atoms with Crippen molar-refractivity contribution in [1.82, 2.24) is 0 Å². The van der Waals surface area contributed by atoms with Crippen molar-refractivity contribution in [2.24, 2.45) is 0 Å². The molecule has 250 valence electrons. The fraction of sp³-hybridized carbons (Fsp3) is 0. The number of benzene rings is 9. The molecule has 0 saturated heterocycles. The molecule has 1 nitrogen and oxygen atoms in total. The summed E-state index contributed by atoms with van der Waals surface area (Å²) in [4.78, 5) is 2.39. The van der Waals surface area contributed by atoms with E-state index < -0.39 is 0 Å². The van der Waals surface area contributed by atoms with Gasteiger partial charge in [-0.25, -0.2) is 0 Å². The molecule has 9 aromatic rings. The molecule has 0 N–H and O–H groups in total. The summed E-state index contributed by atoms with van der Waals surface area (Å²) in [7, 11) is 0. The predicted octanol–water partition coefficient (Wildman–Crippen LogP) is 14.6. The first-order chi connectivity index (χ1) is 26.3. The van der Waals surface area contributed by atoms with Crippen LogP contribution in [0.3, 0.4) is 0 Å². The Balaban J connectivity index is 1.17. The van der Waals surface area contributed by atoms with Crippen LogP contribution in [0.2, 0.25) is 0 Å². The van der Waals surface area contributed by atoms with Crippen molar-refractivity contribution in [3.8, 4) is 55.6 Å². The van der Waals surface area contributed by atoms with E-state index in [1.54, 1.807) is 0 Å². The highest BCUT2D eigenvalue weighted by Crippen LogP contribution is 2.44. The maximum atomic E-state index is 2.39. The van der Waals surface area contributed by atoms with E-state index in [0.717, 1.165) is 17.1 Å². The standard InChI is InChI=1S/C52H37N/c1-5-16-40(17-6-1)49-33-29-45(36-51(49)42-20-9-3-10-21-42)39-27-31-48(32-28-39)53(47-23-11-4-12-24-47)52-37-46(30-34-50(52)41-18-7-2-8-19-41)44-26-25-38-15-13-14-22-43(38)35-44/h1-37H. The quantitative estimate of drug-likeness (QED) is 0.155. The number of fused-ring (bicyclic) bond motifs is 1. The third-order valence-corrected chi connectivity index (χ3v) is 10.1. The third kappa shape index (κ3) is 6.53. The summed E-state index contributed by atoms with van der Waals surface area (Å²) in [5.74, 6) is 0. The van der Waals surface area contributed by atoms with Crippen LogP contribution < -0.4 is 4.90 Å². The molecule has 9 rings (SSSR count). The van der Waals surface area contributed by atoms with E-state index in [1.165, 1.54) is 66.4 Å². The van der Waals surface area contributed by atoms with Gasteiger partial charge in [-0.2, -0.15) is 0 Å². The summed E-state index contributed by atoms with van der Waals surface area (Å²) < 4.78 is 0. The van der Waals surface area contributed by atoms with Gasteiger partial charge < -0.3 is 4.90 Å². The van der Waals surface area contributed by atoms with Crippen molar-refractivity contribution >= 4 is 27.8 Å². The lowest BCUT2D eigenvalue weighted by Crippen LogP contribution is -2.11. The Morgan fingerprint density at radius 3 is 1.30 bits per heavy atom. The molecule has 0 heterocycles. The molecule has 0 unspecified atom stereocenters. The van der Waals surface area contributed by atoms with E-state index >= 15 is 0 Å². The third-order valence-electron chi connectivity index (χ3n) is 10.1. The fourth-order valence-corrected chi connectivity index (χ4v) is 7.38. The Labute approximate surface area is 311 Å². The SMILES string of the molecule is c1ccc(-c2ccc(-c3ccc(N(c4ccccc4)c4cc(-c5ccc6ccccc6c5)ccc4-c4ccccc4)cc3)cc2-c2ccccc2)cc1. The molecule has 53 heavy (non-hydrogen) atoms. The van der Waals surface area contributed by atoms with Gasteiger partial charge >= 0.3 is 0 Å². The van der Waals surface area contributed by atoms with E-state index in [1.807, 2.05) is 0 Å². The largest absolute Gasteiger partial charge is 0.310 e. The molecule has 0 bridgehead atoms. The van der Waals surface area contributed by atoms with Gasteiger partial charge in [0.05, 0.1) is 5.69 Å². The van der Waals surface area contributed by atoms with Gasteiger partial charge in [-0.15, -0.1) is 0 Å². The van der Waals surface area contributed by atoms with Crippen LogP contribution in [0.15, 0.2) is 224 Å². The zero-order chi connectivity index (χ0) is 35.4. The minimum absolute atomic E-state index is 1.09. The van der Waals surface area contributed by atoms with Gasteiger partial charge in [-0.1, -0.05) is 182 Å². The summed E-state index contributed by atoms with van der Waals surface area (Å²) >= 11 is 0. The van der Waals surface area contributed by atoms with E-state index in [0.29, 0.717) is 0 Å². The molecule has 0 aliphatic rings. The number of para-hydroxylation sites is 1. The molecule has 0 radical (unpaired) electrons. The zero-order valence-corrected chi connectivity index (χ0v) is 29.3. The first-order valence-corrected chi connectivity index (χ1v) is 18.2. The Morgan fingerprint density at radius 2 is 0.660 bits per heavy atom. The smallest absolute Gasteiger partial charge is 0.0546 e. The lowest BCUT2D eigenvalue weighted by atomic mass is 9.91. The van der Waals surface area contributed by atoms with Crippen LogP contribution in [0.4, 0.5) is 17.1 Å². The molecule has 0 amide bonds. The van der Waals surface area contributed by atoms with Crippen LogP contribution in [0.25, 0.3) is 66.4 Å². The summed E-state index contributed by atoms with van der Waals surface area (Å²) in [5, 5.41) is 2.48. The topological polar surface area (TPSA) is 3.24 Å². The van der Waals surface area contributed by atoms with E-state index in [9.17, 15) is 0 Å². The second-order valence-corrected chi connectivity index (χ2v) is 13.4. The van der Waals surface area contributed by atoms with E-state index in [-0.39, 0.29) is 0 Å². The van der Waals surface area contributed by atoms with Gasteiger partial charge in [-0.05, 0) is 103 Å². The van der Waals surface area contributed by atoms with E-state index in [2.05, 4.69) is 229 Å². The summed E-state index contributed by atoms with van der Waals surface area (Å²) in [5.41, 5.74) is 15.3. The van der Waals surface area contributed by atoms with Crippen LogP contribution in [-0.4, -0.2) is 0 Å². The van der Waals surface area contributed by atoms with Crippen LogP contribution >= 0.6 is 0 Å². The van der Waals surface area contributed by atoms with Gasteiger partial charge in [-0.3, -0.25) is 0 Å². The fourth-order valence-electron chi connectivity index (χ4n) is 7.38. The molecule has 0 saturated carbocycles. The molecule has 9 aromatic carbocycles. The Morgan fingerprint density at radius 1 is 0.226 bits per heavy atom. The van der Waals surface area contributed by atoms with Crippen molar-refractivity contribution in [3.05, 3.63) is 224 Å². The van der Waals surface area contributed by atoms with Gasteiger partial charge in [0.1, 0.15) is 0 Å². The first kappa shape index (κ1) is 32.0. The van der Waals surface area contributed by atoms with Crippen LogP contribution in [0.1, 0.15) is 0 Å². The first-order valence-electron chi connectivity index (χ1n) is 18.2. The Kier molecular flexibility index (Phi) is 8.66. The lowest BCUT2D eigenvalue weighted by molar-refractivity contribution is 1.28. The number of hydrogen-bond donors (Lipinski definition) is 0. The van der Waals surface area contributed by atoms with Gasteiger partial charge in [0, 0.05) is 16.9 Å². The average molecular weight is 676 g/mol. The monoisotopic (exact) mass is 675 g/mol. The highest BCUT2D eigenvalue weighted by Gasteiger charge is 2.19. The molecule has 0 atom stereocenters. The average Bonchev–Trinajstić information content (AvgIpc) is 3.25. The van der Waals surface area contributed by atoms with Gasteiger partial charge in [0.25, 0.3) is 0 Å². The second kappa shape index (κ2) is 14.3. The van der Waals surface area contributed by atoms with Crippen molar-refractivity contribution in [2.75, 3.05) is 4.90 Å². The molecule has 1 heteroatoms. The number of hydrogen-bond acceptors (Lipinski definition) is 1. The van der Waals surface area contributed by atoms with Crippen molar-refractivity contribution in [3.63, 3.8) is 0 Å². The second-order valence-electron chi connectivity index (χ2n) is 13.4. The van der Waals surface area contributed by atoms with Crippen molar-refractivity contribution in [2.45, 2.75) is 0 Å². The number of anilines is 3. The lowest BCUT2D eigenvalue weighted by Gasteiger charge is -2.29. The maximum Gasteiger partial charge on any atom is 0.0546 e. The van der Waals surface area contributed by atoms with Crippen LogP contribution in [0, 0.1) is 0 Å². The normalized spacial score (nSPS) is 11.0. The molecule has 0 spiro atoms. The zero-order valence-electron chi connectivity index (χ0n) is 29.3. The molecular weight excluding hydrogens is 639 g/mol. The summed E-state index contributed by atoms with van der Waals surface area (Å²) in [6.45, 7) is 0. The Bertz CT molecular complexity index is 2630. The van der Waals surface area contributed by atoms with Crippen molar-refractivity contribution < 1.29 is 0 Å². The number of nitrogens with zero attached hydrogens (tertiary/aromatic N) is 1. The summed E-state index contributed by atoms with van der Waals surface area (Å²) in [6.07, 6.45) is 0. The molecule has 0 aliphatic heterocycles. The molecular formula is C52H37N. The van der Waals surface area contributed by atoms with Crippen molar-refractivity contribution in [1.29, 1.82) is 0 Å².